The molecule has 0 bridgehead atoms. The minimum Gasteiger partial charge on any atom is -0.463 e. The molecule has 0 heterocycles. The lowest BCUT2D eigenvalue weighted by atomic mass is 9.44. The summed E-state index contributed by atoms with van der Waals surface area (Å²) in [7, 11) is 0. The Labute approximate surface area is 201 Å². The molecular weight excluding hydrogens is 412 g/mol. The first kappa shape index (κ1) is 25.2. The van der Waals surface area contributed by atoms with Gasteiger partial charge in [0, 0.05) is 5.57 Å². The van der Waals surface area contributed by atoms with Crippen LogP contribution in [0.4, 0.5) is 0 Å². The summed E-state index contributed by atoms with van der Waals surface area (Å²) in [6.45, 7) is 11.6. The standard InChI is InChI=1S/C29H48O4/c1-6-33-27(32)19(3)9-7-8-18(2)22-10-11-23-21-17-26(31)25-16-20(30)12-14-29(25,5)24(21)13-15-28(22,23)4/h9,18,20-26,30-31H,6-8,10-17H2,1-5H3/t18?,20-,21?,22?,23?,24?,25?,26+,28?,29?/m1/s1. The van der Waals surface area contributed by atoms with E-state index in [1.807, 2.05) is 13.8 Å². The van der Waals surface area contributed by atoms with Crippen LogP contribution in [0.3, 0.4) is 0 Å². The van der Waals surface area contributed by atoms with Crippen LogP contribution in [-0.2, 0) is 9.53 Å². The first-order valence-electron chi connectivity index (χ1n) is 13.8. The van der Waals surface area contributed by atoms with Crippen LogP contribution in [-0.4, -0.2) is 35.0 Å². The van der Waals surface area contributed by atoms with E-state index in [1.165, 1.54) is 25.7 Å². The van der Waals surface area contributed by atoms with Crippen LogP contribution in [0, 0.1) is 46.3 Å². The number of hydrogen-bond donors (Lipinski definition) is 2. The first-order valence-corrected chi connectivity index (χ1v) is 13.8. The van der Waals surface area contributed by atoms with E-state index < -0.39 is 0 Å². The van der Waals surface area contributed by atoms with Crippen LogP contribution in [0.5, 0.6) is 0 Å². The SMILES string of the molecule is CCOC(=O)C(C)=CCCC(C)C1CCC2C3C[C@H](O)C4C[C@H](O)CCC4(C)C3CCC12C. The molecule has 33 heavy (non-hydrogen) atoms. The van der Waals surface area contributed by atoms with Gasteiger partial charge in [0.25, 0.3) is 0 Å². The average molecular weight is 461 g/mol. The Balaban J connectivity index is 1.43. The van der Waals surface area contributed by atoms with Gasteiger partial charge in [0.2, 0.25) is 0 Å². The molecule has 0 amide bonds. The van der Waals surface area contributed by atoms with Gasteiger partial charge in [-0.05, 0) is 124 Å². The van der Waals surface area contributed by atoms with Crippen molar-refractivity contribution >= 4 is 5.97 Å². The lowest BCUT2D eigenvalue weighted by Gasteiger charge is -2.62. The number of rotatable bonds is 6. The molecule has 0 spiro atoms. The summed E-state index contributed by atoms with van der Waals surface area (Å²) >= 11 is 0. The third-order valence-corrected chi connectivity index (χ3v) is 11.1. The monoisotopic (exact) mass is 460 g/mol. The van der Waals surface area contributed by atoms with E-state index in [2.05, 4.69) is 26.8 Å². The Morgan fingerprint density at radius 1 is 1.03 bits per heavy atom. The molecule has 4 rings (SSSR count). The zero-order valence-electron chi connectivity index (χ0n) is 21.7. The van der Waals surface area contributed by atoms with Gasteiger partial charge >= 0.3 is 5.97 Å². The van der Waals surface area contributed by atoms with E-state index in [9.17, 15) is 15.0 Å². The van der Waals surface area contributed by atoms with Crippen molar-refractivity contribution in [3.05, 3.63) is 11.6 Å². The number of aliphatic hydroxyl groups is 2. The third-order valence-electron chi connectivity index (χ3n) is 11.1. The van der Waals surface area contributed by atoms with Crippen LogP contribution in [0.15, 0.2) is 11.6 Å². The number of allylic oxidation sites excluding steroid dienone is 1. The molecule has 4 nitrogen and oxygen atoms in total. The van der Waals surface area contributed by atoms with Crippen molar-refractivity contribution < 1.29 is 19.7 Å². The van der Waals surface area contributed by atoms with Crippen molar-refractivity contribution in [3.8, 4) is 0 Å². The lowest BCUT2D eigenvalue weighted by Crippen LogP contribution is -2.58. The molecule has 4 fully saturated rings. The fourth-order valence-corrected chi connectivity index (χ4v) is 9.35. The highest BCUT2D eigenvalue weighted by Gasteiger charge is 2.62. The van der Waals surface area contributed by atoms with Crippen molar-refractivity contribution in [2.75, 3.05) is 6.61 Å². The zero-order valence-corrected chi connectivity index (χ0v) is 21.7. The Morgan fingerprint density at radius 3 is 2.45 bits per heavy atom. The fraction of sp³-hybridized carbons (Fsp3) is 0.897. The number of fused-ring (bicyclic) bond motifs is 5. The van der Waals surface area contributed by atoms with Crippen molar-refractivity contribution in [3.63, 3.8) is 0 Å². The number of carbonyl (C=O) groups is 1. The van der Waals surface area contributed by atoms with E-state index in [-0.39, 0.29) is 29.5 Å². The largest absolute Gasteiger partial charge is 0.463 e. The van der Waals surface area contributed by atoms with Gasteiger partial charge < -0.3 is 14.9 Å². The van der Waals surface area contributed by atoms with Gasteiger partial charge in [0.05, 0.1) is 18.8 Å². The maximum atomic E-state index is 11.9. The van der Waals surface area contributed by atoms with Gasteiger partial charge in [-0.15, -0.1) is 0 Å². The quantitative estimate of drug-likeness (QED) is 0.382. The van der Waals surface area contributed by atoms with Crippen LogP contribution in [0.25, 0.3) is 0 Å². The molecule has 0 aromatic rings. The van der Waals surface area contributed by atoms with E-state index in [4.69, 9.17) is 4.74 Å². The third kappa shape index (κ3) is 4.44. The summed E-state index contributed by atoms with van der Waals surface area (Å²) in [6.07, 6.45) is 12.6. The van der Waals surface area contributed by atoms with Crippen molar-refractivity contribution in [2.45, 2.75) is 111 Å². The Bertz CT molecular complexity index is 746. The second-order valence-corrected chi connectivity index (χ2v) is 12.6. The number of carbonyl (C=O) groups excluding carboxylic acids is 1. The van der Waals surface area contributed by atoms with E-state index in [0.717, 1.165) is 55.9 Å². The normalized spacial score (nSPS) is 46.2. The molecule has 188 valence electrons. The molecule has 0 saturated heterocycles. The average Bonchev–Trinajstić information content (AvgIpc) is 3.12. The molecule has 4 aliphatic carbocycles. The first-order chi connectivity index (χ1) is 15.6. The van der Waals surface area contributed by atoms with Gasteiger partial charge in [0.15, 0.2) is 0 Å². The molecule has 2 N–H and O–H groups in total. The highest BCUT2D eigenvalue weighted by atomic mass is 16.5. The van der Waals surface area contributed by atoms with Crippen LogP contribution in [0.1, 0.15) is 98.8 Å². The maximum absolute atomic E-state index is 11.9. The minimum atomic E-state index is -0.249. The summed E-state index contributed by atoms with van der Waals surface area (Å²) in [5, 5.41) is 21.5. The minimum absolute atomic E-state index is 0.186. The van der Waals surface area contributed by atoms with Crippen molar-refractivity contribution in [1.29, 1.82) is 0 Å². The Hall–Kier alpha value is -0.870. The highest BCUT2D eigenvalue weighted by Crippen LogP contribution is 2.68. The molecule has 8 unspecified atom stereocenters. The van der Waals surface area contributed by atoms with Crippen molar-refractivity contribution in [1.82, 2.24) is 0 Å². The smallest absolute Gasteiger partial charge is 0.333 e. The predicted octanol–water partition coefficient (Wildman–Crippen LogP) is 5.90. The Morgan fingerprint density at radius 2 is 1.73 bits per heavy atom. The van der Waals surface area contributed by atoms with Gasteiger partial charge in [0.1, 0.15) is 0 Å². The van der Waals surface area contributed by atoms with Crippen LogP contribution in [0.2, 0.25) is 0 Å². The molecule has 4 heteroatoms. The van der Waals surface area contributed by atoms with Gasteiger partial charge in [-0.1, -0.05) is 26.8 Å². The molecule has 0 radical (unpaired) electrons. The number of esters is 1. The maximum Gasteiger partial charge on any atom is 0.333 e. The topological polar surface area (TPSA) is 66.8 Å². The highest BCUT2D eigenvalue weighted by molar-refractivity contribution is 5.87. The molecule has 4 saturated carbocycles. The molecule has 0 aliphatic heterocycles. The van der Waals surface area contributed by atoms with Crippen LogP contribution < -0.4 is 0 Å². The van der Waals surface area contributed by atoms with E-state index in [1.54, 1.807) is 0 Å². The Kier molecular flexibility index (Phi) is 7.37. The summed E-state index contributed by atoms with van der Waals surface area (Å²) in [5.41, 5.74) is 1.30. The van der Waals surface area contributed by atoms with Crippen molar-refractivity contribution in [2.24, 2.45) is 46.3 Å². The molecule has 0 aromatic carbocycles. The second kappa shape index (κ2) is 9.64. The summed E-state index contributed by atoms with van der Waals surface area (Å²) in [4.78, 5) is 11.9. The zero-order chi connectivity index (χ0) is 24.0. The second-order valence-electron chi connectivity index (χ2n) is 12.6. The van der Waals surface area contributed by atoms with Gasteiger partial charge in [-0.25, -0.2) is 4.79 Å². The summed E-state index contributed by atoms with van der Waals surface area (Å²) in [6, 6.07) is 0. The summed E-state index contributed by atoms with van der Waals surface area (Å²) in [5.74, 6) is 3.53. The van der Waals surface area contributed by atoms with E-state index in [0.29, 0.717) is 29.8 Å². The summed E-state index contributed by atoms with van der Waals surface area (Å²) < 4.78 is 5.12. The van der Waals surface area contributed by atoms with Crippen LogP contribution >= 0.6 is 0 Å². The fourth-order valence-electron chi connectivity index (χ4n) is 9.35. The molecule has 4 aliphatic rings. The molecule has 0 aromatic heterocycles. The predicted molar refractivity (Wildman–Crippen MR) is 131 cm³/mol. The number of hydrogen-bond acceptors (Lipinski definition) is 4. The number of ether oxygens (including phenoxy) is 1. The molecule has 10 atom stereocenters. The number of aliphatic hydroxyl groups excluding tert-OH is 2. The lowest BCUT2D eigenvalue weighted by molar-refractivity contribution is -0.172. The molecular formula is C29H48O4. The van der Waals surface area contributed by atoms with Gasteiger partial charge in [-0.2, -0.15) is 0 Å². The van der Waals surface area contributed by atoms with Gasteiger partial charge in [-0.3, -0.25) is 0 Å². The van der Waals surface area contributed by atoms with E-state index >= 15 is 0 Å².